The number of hydrogen-bond donors (Lipinski definition) is 3. The molecule has 1 unspecified atom stereocenters. The van der Waals surface area contributed by atoms with E-state index < -0.39 is 0 Å². The number of carbonyl (C=O) groups excluding carboxylic acids is 1. The van der Waals surface area contributed by atoms with Crippen LogP contribution in [0.2, 0.25) is 0 Å². The van der Waals surface area contributed by atoms with E-state index in [1.54, 1.807) is 0 Å². The highest BCUT2D eigenvalue weighted by molar-refractivity contribution is 5.93. The summed E-state index contributed by atoms with van der Waals surface area (Å²) in [5.74, 6) is -0.0220. The minimum Gasteiger partial charge on any atom is -0.396 e. The molecule has 1 aromatic heterocycles. The summed E-state index contributed by atoms with van der Waals surface area (Å²) in [6, 6.07) is 1.93. The fraction of sp³-hybridized carbons (Fsp3) is 0.545. The average molecular weight is 210 g/mol. The van der Waals surface area contributed by atoms with Gasteiger partial charge in [-0.1, -0.05) is 6.92 Å². The highest BCUT2D eigenvalue weighted by atomic mass is 16.3. The maximum absolute atomic E-state index is 11.7. The topological polar surface area (TPSA) is 65.1 Å². The quantitative estimate of drug-likeness (QED) is 0.694. The lowest BCUT2D eigenvalue weighted by Gasteiger charge is -2.09. The van der Waals surface area contributed by atoms with Crippen LogP contribution in [-0.2, 0) is 0 Å². The lowest BCUT2D eigenvalue weighted by atomic mass is 10.2. The van der Waals surface area contributed by atoms with Crippen LogP contribution in [0.25, 0.3) is 0 Å². The first-order chi connectivity index (χ1) is 7.04. The van der Waals surface area contributed by atoms with Gasteiger partial charge >= 0.3 is 0 Å². The normalized spacial score (nSPS) is 12.5. The largest absolute Gasteiger partial charge is 0.396 e. The third-order valence-electron chi connectivity index (χ3n) is 2.30. The first kappa shape index (κ1) is 11.8. The molecule has 1 aromatic rings. The number of aliphatic hydroxyl groups excluding tert-OH is 1. The van der Waals surface area contributed by atoms with Crippen LogP contribution >= 0.6 is 0 Å². The lowest BCUT2D eigenvalue weighted by molar-refractivity contribution is 0.0937. The first-order valence-electron chi connectivity index (χ1n) is 5.10. The fourth-order valence-electron chi connectivity index (χ4n) is 1.38. The van der Waals surface area contributed by atoms with Gasteiger partial charge in [0, 0.05) is 18.8 Å². The number of hydrogen-bond acceptors (Lipinski definition) is 2. The van der Waals surface area contributed by atoms with Crippen LogP contribution in [0, 0.1) is 19.8 Å². The number of H-pyrrole nitrogens is 1. The molecular weight excluding hydrogens is 192 g/mol. The van der Waals surface area contributed by atoms with Crippen LogP contribution in [0.5, 0.6) is 0 Å². The molecular formula is C11H18N2O2. The summed E-state index contributed by atoms with van der Waals surface area (Å²) in [6.45, 7) is 6.27. The second kappa shape index (κ2) is 4.98. The van der Waals surface area contributed by atoms with Gasteiger partial charge in [-0.25, -0.2) is 0 Å². The third-order valence-corrected chi connectivity index (χ3v) is 2.30. The molecule has 3 N–H and O–H groups in total. The van der Waals surface area contributed by atoms with Crippen molar-refractivity contribution in [2.45, 2.75) is 20.8 Å². The minimum atomic E-state index is -0.110. The van der Waals surface area contributed by atoms with E-state index in [1.807, 2.05) is 26.8 Å². The summed E-state index contributed by atoms with van der Waals surface area (Å²) in [5, 5.41) is 11.6. The fourth-order valence-corrected chi connectivity index (χ4v) is 1.38. The van der Waals surface area contributed by atoms with E-state index in [9.17, 15) is 4.79 Å². The van der Waals surface area contributed by atoms with Crippen LogP contribution in [0.1, 0.15) is 28.7 Å². The molecule has 0 aromatic carbocycles. The van der Waals surface area contributed by atoms with Crippen LogP contribution in [0.4, 0.5) is 0 Å². The van der Waals surface area contributed by atoms with Crippen molar-refractivity contribution in [3.05, 3.63) is 23.0 Å². The second-order valence-electron chi connectivity index (χ2n) is 4.01. The zero-order chi connectivity index (χ0) is 11.4. The van der Waals surface area contributed by atoms with E-state index in [4.69, 9.17) is 5.11 Å². The Hall–Kier alpha value is -1.29. The van der Waals surface area contributed by atoms with Gasteiger partial charge < -0.3 is 15.4 Å². The van der Waals surface area contributed by atoms with E-state index in [1.165, 1.54) is 0 Å². The Labute approximate surface area is 89.7 Å². The number of aryl methyl sites for hydroxylation is 2. The first-order valence-corrected chi connectivity index (χ1v) is 5.10. The van der Waals surface area contributed by atoms with E-state index in [0.29, 0.717) is 12.2 Å². The van der Waals surface area contributed by atoms with Crippen molar-refractivity contribution < 1.29 is 9.90 Å². The number of aromatic nitrogens is 1. The Morgan fingerprint density at radius 1 is 1.60 bits per heavy atom. The molecule has 0 radical (unpaired) electrons. The number of aliphatic hydroxyl groups is 1. The van der Waals surface area contributed by atoms with Gasteiger partial charge in [-0.3, -0.25) is 4.79 Å². The van der Waals surface area contributed by atoms with Gasteiger partial charge in [0.2, 0.25) is 0 Å². The van der Waals surface area contributed by atoms with Crippen LogP contribution in [0.3, 0.4) is 0 Å². The zero-order valence-electron chi connectivity index (χ0n) is 9.42. The molecule has 1 heterocycles. The number of nitrogens with one attached hydrogen (secondary N) is 2. The van der Waals surface area contributed by atoms with Gasteiger partial charge in [0.05, 0.1) is 0 Å². The predicted octanol–water partition coefficient (Wildman–Crippen LogP) is 0.990. The molecule has 0 fully saturated rings. The summed E-state index contributed by atoms with van der Waals surface area (Å²) >= 11 is 0. The van der Waals surface area contributed by atoms with Crippen LogP contribution in [-0.4, -0.2) is 29.1 Å². The molecule has 0 saturated heterocycles. The van der Waals surface area contributed by atoms with E-state index in [0.717, 1.165) is 11.3 Å². The maximum atomic E-state index is 11.7. The smallest absolute Gasteiger partial charge is 0.267 e. The SMILES string of the molecule is Cc1cc(C)c(C(=O)NCC(C)CO)[nH]1. The predicted molar refractivity (Wildman–Crippen MR) is 58.8 cm³/mol. The number of amides is 1. The molecule has 1 rings (SSSR count). The van der Waals surface area contributed by atoms with Gasteiger partial charge in [0.25, 0.3) is 5.91 Å². The summed E-state index contributed by atoms with van der Waals surface area (Å²) in [5.41, 5.74) is 2.53. The highest BCUT2D eigenvalue weighted by Gasteiger charge is 2.11. The Morgan fingerprint density at radius 3 is 2.73 bits per heavy atom. The molecule has 0 saturated carbocycles. The molecule has 1 atom stereocenters. The average Bonchev–Trinajstić information content (AvgIpc) is 2.53. The molecule has 1 amide bonds. The standard InChI is InChI=1S/C11H18N2O2/c1-7(6-14)5-12-11(15)10-8(2)4-9(3)13-10/h4,7,13-14H,5-6H2,1-3H3,(H,12,15). The van der Waals surface area contributed by atoms with Gasteiger partial charge in [0.1, 0.15) is 5.69 Å². The maximum Gasteiger partial charge on any atom is 0.267 e. The van der Waals surface area contributed by atoms with Gasteiger partial charge in [-0.05, 0) is 31.4 Å². The molecule has 84 valence electrons. The Morgan fingerprint density at radius 2 is 2.27 bits per heavy atom. The molecule has 0 aliphatic heterocycles. The summed E-state index contributed by atoms with van der Waals surface area (Å²) in [4.78, 5) is 14.7. The Kier molecular flexibility index (Phi) is 3.91. The molecule has 15 heavy (non-hydrogen) atoms. The van der Waals surface area contributed by atoms with Crippen LogP contribution in [0.15, 0.2) is 6.07 Å². The van der Waals surface area contributed by atoms with Gasteiger partial charge in [-0.15, -0.1) is 0 Å². The summed E-state index contributed by atoms with van der Waals surface area (Å²) in [6.07, 6.45) is 0. The molecule has 4 heteroatoms. The van der Waals surface area contributed by atoms with Crippen molar-refractivity contribution in [3.8, 4) is 0 Å². The zero-order valence-corrected chi connectivity index (χ0v) is 9.42. The van der Waals surface area contributed by atoms with Gasteiger partial charge in [0.15, 0.2) is 0 Å². The second-order valence-corrected chi connectivity index (χ2v) is 4.01. The van der Waals surface area contributed by atoms with Crippen molar-refractivity contribution in [1.82, 2.24) is 10.3 Å². The molecule has 0 bridgehead atoms. The number of carbonyl (C=O) groups is 1. The van der Waals surface area contributed by atoms with Crippen molar-refractivity contribution in [1.29, 1.82) is 0 Å². The van der Waals surface area contributed by atoms with Crippen molar-refractivity contribution in [2.75, 3.05) is 13.2 Å². The molecule has 4 nitrogen and oxygen atoms in total. The summed E-state index contributed by atoms with van der Waals surface area (Å²) in [7, 11) is 0. The monoisotopic (exact) mass is 210 g/mol. The van der Waals surface area contributed by atoms with Crippen molar-refractivity contribution in [3.63, 3.8) is 0 Å². The molecule has 0 aliphatic carbocycles. The van der Waals surface area contributed by atoms with E-state index in [-0.39, 0.29) is 18.4 Å². The highest BCUT2D eigenvalue weighted by Crippen LogP contribution is 2.08. The number of aromatic amines is 1. The minimum absolute atomic E-state index is 0.0863. The molecule has 0 aliphatic rings. The van der Waals surface area contributed by atoms with E-state index in [2.05, 4.69) is 10.3 Å². The Balaban J connectivity index is 2.58. The van der Waals surface area contributed by atoms with Crippen molar-refractivity contribution >= 4 is 5.91 Å². The summed E-state index contributed by atoms with van der Waals surface area (Å²) < 4.78 is 0. The Bertz CT molecular complexity index is 344. The van der Waals surface area contributed by atoms with Crippen LogP contribution < -0.4 is 5.32 Å². The number of rotatable bonds is 4. The third kappa shape index (κ3) is 3.09. The van der Waals surface area contributed by atoms with Gasteiger partial charge in [-0.2, -0.15) is 0 Å². The molecule has 0 spiro atoms. The van der Waals surface area contributed by atoms with Crippen molar-refractivity contribution in [2.24, 2.45) is 5.92 Å². The van der Waals surface area contributed by atoms with E-state index >= 15 is 0 Å². The lowest BCUT2D eigenvalue weighted by Crippen LogP contribution is -2.30.